The fraction of sp³-hybridized carbons (Fsp3) is 0.714. The Morgan fingerprint density at radius 3 is 2.36 bits per heavy atom. The van der Waals surface area contributed by atoms with Crippen LogP contribution in [0.25, 0.3) is 0 Å². The smallest absolute Gasteiger partial charge is 0.287 e. The van der Waals surface area contributed by atoms with Gasteiger partial charge in [-0.3, -0.25) is 9.59 Å². The van der Waals surface area contributed by atoms with Gasteiger partial charge in [-0.2, -0.15) is 0 Å². The van der Waals surface area contributed by atoms with Gasteiger partial charge in [0.05, 0.1) is 12.1 Å². The number of aliphatic hydroxyl groups excluding tert-OH is 1. The molecule has 11 heavy (non-hydrogen) atoms. The molecular formula is C7H11NO3. The Labute approximate surface area is 64.6 Å². The number of nitrogens with one attached hydrogen (secondary N) is 1. The summed E-state index contributed by atoms with van der Waals surface area (Å²) in [6.45, 7) is 1.13. The minimum Gasteiger partial charge on any atom is -0.394 e. The summed E-state index contributed by atoms with van der Waals surface area (Å²) in [6.07, 6.45) is 1.53. The third kappa shape index (κ3) is 1.77. The lowest BCUT2D eigenvalue weighted by atomic mass is 10.3. The van der Waals surface area contributed by atoms with E-state index in [2.05, 4.69) is 5.32 Å². The number of Topliss-reactive ketones (excluding diaryl/α,β-unsaturated/α-hetero) is 1. The quantitative estimate of drug-likeness (QED) is 0.528. The van der Waals surface area contributed by atoms with Gasteiger partial charge < -0.3 is 10.4 Å². The molecule has 2 N–H and O–H groups in total. The van der Waals surface area contributed by atoms with Crippen LogP contribution >= 0.6 is 0 Å². The summed E-state index contributed by atoms with van der Waals surface area (Å²) in [5, 5.41) is 11.2. The lowest BCUT2D eigenvalue weighted by Gasteiger charge is -2.11. The number of ketones is 1. The van der Waals surface area contributed by atoms with Gasteiger partial charge >= 0.3 is 0 Å². The molecule has 0 saturated heterocycles. The minimum atomic E-state index is -0.600. The van der Waals surface area contributed by atoms with Crippen molar-refractivity contribution in [3.63, 3.8) is 0 Å². The molecule has 0 aromatic heterocycles. The Morgan fingerprint density at radius 1 is 1.55 bits per heavy atom. The van der Waals surface area contributed by atoms with Crippen molar-refractivity contribution in [3.05, 3.63) is 0 Å². The normalized spacial score (nSPS) is 19.1. The first kappa shape index (κ1) is 8.20. The zero-order chi connectivity index (χ0) is 8.48. The van der Waals surface area contributed by atoms with Crippen molar-refractivity contribution < 1.29 is 14.7 Å². The molecule has 0 atom stereocenters. The lowest BCUT2D eigenvalue weighted by molar-refractivity contribution is -0.137. The Balaban J connectivity index is 2.42. The molecule has 1 amide bonds. The van der Waals surface area contributed by atoms with Crippen molar-refractivity contribution in [2.24, 2.45) is 0 Å². The van der Waals surface area contributed by atoms with Gasteiger partial charge in [-0.15, -0.1) is 0 Å². The zero-order valence-corrected chi connectivity index (χ0v) is 6.39. The zero-order valence-electron chi connectivity index (χ0n) is 6.39. The molecule has 0 aromatic carbocycles. The average Bonchev–Trinajstić information content (AvgIpc) is 2.69. The van der Waals surface area contributed by atoms with Crippen LogP contribution in [0.3, 0.4) is 0 Å². The maximum absolute atomic E-state index is 10.8. The standard InChI is InChI=1S/C7H11NO3/c1-5(10)6(11)8-7(4-9)2-3-7/h9H,2-4H2,1H3,(H,8,11). The number of hydrogen-bond donors (Lipinski definition) is 2. The number of carbonyl (C=O) groups excluding carboxylic acids is 2. The molecular weight excluding hydrogens is 146 g/mol. The van der Waals surface area contributed by atoms with Crippen molar-refractivity contribution in [2.45, 2.75) is 25.3 Å². The molecule has 62 valence electrons. The van der Waals surface area contributed by atoms with Crippen LogP contribution < -0.4 is 5.32 Å². The molecule has 1 aliphatic carbocycles. The number of amides is 1. The van der Waals surface area contributed by atoms with Gasteiger partial charge in [-0.05, 0) is 12.8 Å². The SMILES string of the molecule is CC(=O)C(=O)NC1(CO)CC1. The van der Waals surface area contributed by atoms with Crippen LogP contribution in [0.15, 0.2) is 0 Å². The van der Waals surface area contributed by atoms with Crippen molar-refractivity contribution in [2.75, 3.05) is 6.61 Å². The largest absolute Gasteiger partial charge is 0.394 e. The van der Waals surface area contributed by atoms with E-state index in [1.165, 1.54) is 6.92 Å². The van der Waals surface area contributed by atoms with Crippen molar-refractivity contribution >= 4 is 11.7 Å². The van der Waals surface area contributed by atoms with Gasteiger partial charge in [0.2, 0.25) is 5.78 Å². The van der Waals surface area contributed by atoms with Crippen LogP contribution in [-0.4, -0.2) is 28.9 Å². The van der Waals surface area contributed by atoms with E-state index in [1.54, 1.807) is 0 Å². The predicted molar refractivity (Wildman–Crippen MR) is 37.9 cm³/mol. The molecule has 4 nitrogen and oxygen atoms in total. The topological polar surface area (TPSA) is 66.4 Å². The van der Waals surface area contributed by atoms with Gasteiger partial charge in [0.25, 0.3) is 5.91 Å². The third-order valence-electron chi connectivity index (χ3n) is 1.85. The number of hydrogen-bond acceptors (Lipinski definition) is 3. The fourth-order valence-electron chi connectivity index (χ4n) is 0.802. The molecule has 0 spiro atoms. The molecule has 1 saturated carbocycles. The Morgan fingerprint density at radius 2 is 2.09 bits per heavy atom. The number of carbonyl (C=O) groups is 2. The summed E-state index contributed by atoms with van der Waals surface area (Å²) in [7, 11) is 0. The predicted octanol–water partition coefficient (Wildman–Crippen LogP) is -0.784. The van der Waals surface area contributed by atoms with Gasteiger partial charge in [0.1, 0.15) is 0 Å². The first-order chi connectivity index (χ1) is 5.09. The lowest BCUT2D eigenvalue weighted by Crippen LogP contribution is -2.42. The second-order valence-electron chi connectivity index (χ2n) is 2.95. The van der Waals surface area contributed by atoms with E-state index in [9.17, 15) is 9.59 Å². The molecule has 4 heteroatoms. The number of aliphatic hydroxyl groups is 1. The first-order valence-electron chi connectivity index (χ1n) is 3.54. The highest BCUT2D eigenvalue weighted by molar-refractivity contribution is 6.35. The molecule has 0 unspecified atom stereocenters. The van der Waals surface area contributed by atoms with E-state index in [0.717, 1.165) is 12.8 Å². The molecule has 1 rings (SSSR count). The minimum absolute atomic E-state index is 0.0774. The monoisotopic (exact) mass is 157 g/mol. The van der Waals surface area contributed by atoms with Crippen LogP contribution in [0.5, 0.6) is 0 Å². The van der Waals surface area contributed by atoms with Crippen LogP contribution in [0.2, 0.25) is 0 Å². The van der Waals surface area contributed by atoms with E-state index in [0.29, 0.717) is 0 Å². The summed E-state index contributed by atoms with van der Waals surface area (Å²) in [5.74, 6) is -1.11. The Hall–Kier alpha value is -0.900. The van der Waals surface area contributed by atoms with Crippen molar-refractivity contribution in [3.8, 4) is 0 Å². The van der Waals surface area contributed by atoms with E-state index in [4.69, 9.17) is 5.11 Å². The van der Waals surface area contributed by atoms with Gasteiger partial charge in [0, 0.05) is 6.92 Å². The van der Waals surface area contributed by atoms with E-state index < -0.39 is 17.2 Å². The summed E-state index contributed by atoms with van der Waals surface area (Å²) >= 11 is 0. The van der Waals surface area contributed by atoms with Crippen LogP contribution in [0.1, 0.15) is 19.8 Å². The van der Waals surface area contributed by atoms with Crippen LogP contribution in [-0.2, 0) is 9.59 Å². The van der Waals surface area contributed by atoms with Gasteiger partial charge in [0.15, 0.2) is 0 Å². The summed E-state index contributed by atoms with van der Waals surface area (Å²) < 4.78 is 0. The highest BCUT2D eigenvalue weighted by Crippen LogP contribution is 2.34. The number of rotatable bonds is 3. The molecule has 1 fully saturated rings. The summed E-state index contributed by atoms with van der Waals surface area (Å²) in [4.78, 5) is 21.3. The summed E-state index contributed by atoms with van der Waals surface area (Å²) in [5.41, 5.74) is -0.469. The van der Waals surface area contributed by atoms with E-state index in [-0.39, 0.29) is 6.61 Å². The van der Waals surface area contributed by atoms with Crippen molar-refractivity contribution in [1.82, 2.24) is 5.32 Å². The maximum Gasteiger partial charge on any atom is 0.287 e. The molecule has 0 aromatic rings. The maximum atomic E-state index is 10.8. The fourth-order valence-corrected chi connectivity index (χ4v) is 0.802. The van der Waals surface area contributed by atoms with Crippen LogP contribution in [0.4, 0.5) is 0 Å². The molecule has 1 aliphatic rings. The molecule has 0 aliphatic heterocycles. The van der Waals surface area contributed by atoms with Gasteiger partial charge in [-0.25, -0.2) is 0 Å². The van der Waals surface area contributed by atoms with Crippen molar-refractivity contribution in [1.29, 1.82) is 0 Å². The first-order valence-corrected chi connectivity index (χ1v) is 3.54. The molecule has 0 radical (unpaired) electrons. The van der Waals surface area contributed by atoms with E-state index >= 15 is 0 Å². The van der Waals surface area contributed by atoms with Crippen LogP contribution in [0, 0.1) is 0 Å². The molecule has 0 bridgehead atoms. The second kappa shape index (κ2) is 2.62. The summed E-state index contributed by atoms with van der Waals surface area (Å²) in [6, 6.07) is 0. The second-order valence-corrected chi connectivity index (χ2v) is 2.95. The third-order valence-corrected chi connectivity index (χ3v) is 1.85. The highest BCUT2D eigenvalue weighted by Gasteiger charge is 2.43. The van der Waals surface area contributed by atoms with Gasteiger partial charge in [-0.1, -0.05) is 0 Å². The highest BCUT2D eigenvalue weighted by atomic mass is 16.3. The Bertz CT molecular complexity index is 196. The molecule has 0 heterocycles. The average molecular weight is 157 g/mol. The Kier molecular flexibility index (Phi) is 1.95. The van der Waals surface area contributed by atoms with E-state index in [1.807, 2.05) is 0 Å².